The van der Waals surface area contributed by atoms with Crippen molar-refractivity contribution in [3.8, 4) is 0 Å². The minimum absolute atomic E-state index is 0.0436. The number of Topliss-reactive ketones (excluding diaryl/α,β-unsaturated/α-hetero) is 1. The molecule has 57 heavy (non-hydrogen) atoms. The lowest BCUT2D eigenvalue weighted by atomic mass is 10.1. The maximum absolute atomic E-state index is 12.8. The molecule has 0 saturated carbocycles. The van der Waals surface area contributed by atoms with Gasteiger partial charge < -0.3 is 52.8 Å². The highest BCUT2D eigenvalue weighted by molar-refractivity contribution is 7.79. The monoisotopic (exact) mass is 830 g/mol. The first-order valence-electron chi connectivity index (χ1n) is 18.3. The first-order valence-corrected chi connectivity index (χ1v) is 19.2. The van der Waals surface area contributed by atoms with Crippen LogP contribution >= 0.6 is 12.6 Å². The van der Waals surface area contributed by atoms with Crippen molar-refractivity contribution in [3.63, 3.8) is 0 Å². The molecule has 0 aliphatic rings. The zero-order valence-electron chi connectivity index (χ0n) is 33.9. The van der Waals surface area contributed by atoms with E-state index in [0.717, 1.165) is 6.42 Å². The number of nitrogens with one attached hydrogen (secondary N) is 6. The summed E-state index contributed by atoms with van der Waals surface area (Å²) >= 11 is 3.53. The number of ketones is 1. The number of amides is 7. The number of urea groups is 1. The smallest absolute Gasteiger partial charge is 0.312 e. The number of anilines is 1. The van der Waals surface area contributed by atoms with Crippen LogP contribution in [0.1, 0.15) is 76.7 Å². The van der Waals surface area contributed by atoms with Crippen LogP contribution in [0.2, 0.25) is 0 Å². The molecule has 0 fully saturated rings. The third-order valence-corrected chi connectivity index (χ3v) is 7.17. The SMILES string of the molecule is CC(C)C(=O)CCOCCC(=O)NCC(=O)NC(C(=O)NCC(=O)Nc1ccc(COC(=O)C(C)C)c(C(=O)NCCN)c1)C(C)OO.CCCNC(N)=O.CS. The van der Waals surface area contributed by atoms with Gasteiger partial charge in [0.2, 0.25) is 23.6 Å². The molecule has 0 heterocycles. The Labute approximate surface area is 339 Å². The molecule has 0 aliphatic heterocycles. The summed E-state index contributed by atoms with van der Waals surface area (Å²) in [6.07, 6.45) is 1.57. The standard InChI is InChI=1S/C31H48N6O11.C4H10N2O.CH4S/c1-18(2)24(38)8-12-46-13-9-25(39)34-15-27(41)37-28(20(5)48-45)30(43)35-16-26(40)36-22-7-6-21(17-47-31(44)19(3)4)23(14-22)29(42)33-11-10-32;1-2-3-6-4(5)7;1-2/h6-7,14,18-20,28,45H,8-13,15-17,32H2,1-5H3,(H,33,42)(H,34,39)(H,35,43)(H,36,40)(H,37,41);2-3H2,1H3,(H3,5,6,7);2H,1H3. The fraction of sp³-hybridized carbons (Fsp3) is 0.611. The molecule has 1 aromatic rings. The minimum Gasteiger partial charge on any atom is -0.461 e. The van der Waals surface area contributed by atoms with E-state index in [2.05, 4.69) is 49.4 Å². The maximum Gasteiger partial charge on any atom is 0.312 e. The lowest BCUT2D eigenvalue weighted by molar-refractivity contribution is -0.277. The average molecular weight is 831 g/mol. The minimum atomic E-state index is -1.44. The van der Waals surface area contributed by atoms with Crippen LogP contribution in [0.5, 0.6) is 0 Å². The second-order valence-electron chi connectivity index (χ2n) is 12.6. The quantitative estimate of drug-likeness (QED) is 0.0220. The van der Waals surface area contributed by atoms with E-state index in [9.17, 15) is 38.4 Å². The first kappa shape index (κ1) is 54.3. The molecule has 324 valence electrons. The average Bonchev–Trinajstić information content (AvgIpc) is 3.18. The number of nitrogens with two attached hydrogens (primary N) is 2. The zero-order valence-corrected chi connectivity index (χ0v) is 34.8. The number of benzene rings is 1. The van der Waals surface area contributed by atoms with Crippen molar-refractivity contribution < 1.29 is 58.0 Å². The van der Waals surface area contributed by atoms with E-state index in [4.69, 9.17) is 26.2 Å². The number of thiol groups is 1. The largest absolute Gasteiger partial charge is 0.461 e. The highest BCUT2D eigenvalue weighted by Gasteiger charge is 2.28. The van der Waals surface area contributed by atoms with Gasteiger partial charge in [-0.25, -0.2) is 9.68 Å². The first-order chi connectivity index (χ1) is 27.0. The Morgan fingerprint density at radius 2 is 1.44 bits per heavy atom. The van der Waals surface area contributed by atoms with E-state index in [1.165, 1.54) is 25.1 Å². The number of carbonyl (C=O) groups excluding carboxylic acids is 8. The van der Waals surface area contributed by atoms with Crippen LogP contribution < -0.4 is 43.4 Å². The Morgan fingerprint density at radius 1 is 0.807 bits per heavy atom. The molecule has 0 aliphatic carbocycles. The van der Waals surface area contributed by atoms with E-state index in [1.54, 1.807) is 34.0 Å². The molecule has 2 unspecified atom stereocenters. The number of hydrogen-bond donors (Lipinski definition) is 10. The Hall–Kier alpha value is -4.83. The van der Waals surface area contributed by atoms with Crippen LogP contribution in [0.25, 0.3) is 0 Å². The number of ether oxygens (including phenoxy) is 2. The molecule has 20 nitrogen and oxygen atoms in total. The molecule has 1 rings (SSSR count). The van der Waals surface area contributed by atoms with Gasteiger partial charge in [-0.3, -0.25) is 38.8 Å². The van der Waals surface area contributed by atoms with E-state index in [1.807, 2.05) is 6.92 Å². The summed E-state index contributed by atoms with van der Waals surface area (Å²) in [5.41, 5.74) is 10.9. The molecule has 0 bridgehead atoms. The molecular weight excluding hydrogens is 769 g/mol. The van der Waals surface area contributed by atoms with Gasteiger partial charge in [-0.2, -0.15) is 12.6 Å². The number of carbonyl (C=O) groups is 8. The van der Waals surface area contributed by atoms with Gasteiger partial charge in [0.25, 0.3) is 5.91 Å². The molecular formula is C36H62N8O12S. The highest BCUT2D eigenvalue weighted by Crippen LogP contribution is 2.18. The van der Waals surface area contributed by atoms with E-state index >= 15 is 0 Å². The molecule has 2 atom stereocenters. The van der Waals surface area contributed by atoms with E-state index in [0.29, 0.717) is 12.1 Å². The summed E-state index contributed by atoms with van der Waals surface area (Å²) in [5.74, 6) is -4.24. The Morgan fingerprint density at radius 3 is 1.98 bits per heavy atom. The summed E-state index contributed by atoms with van der Waals surface area (Å²) in [5, 5.41) is 23.7. The zero-order chi connectivity index (χ0) is 43.9. The van der Waals surface area contributed by atoms with E-state index < -0.39 is 66.8 Å². The van der Waals surface area contributed by atoms with E-state index in [-0.39, 0.29) is 74.6 Å². The van der Waals surface area contributed by atoms with Crippen molar-refractivity contribution in [2.45, 2.75) is 79.6 Å². The Balaban J connectivity index is 0. The predicted octanol–water partition coefficient (Wildman–Crippen LogP) is 0.241. The fourth-order valence-electron chi connectivity index (χ4n) is 4.00. The van der Waals surface area contributed by atoms with Gasteiger partial charge in [-0.05, 0) is 31.7 Å². The Kier molecular flexibility index (Phi) is 30.7. The van der Waals surface area contributed by atoms with Crippen LogP contribution in [0.4, 0.5) is 10.5 Å². The number of esters is 1. The summed E-state index contributed by atoms with van der Waals surface area (Å²) in [7, 11) is 0. The van der Waals surface area contributed by atoms with Gasteiger partial charge in [0.15, 0.2) is 0 Å². The van der Waals surface area contributed by atoms with Crippen molar-refractivity contribution >= 4 is 65.6 Å². The molecule has 21 heteroatoms. The van der Waals surface area contributed by atoms with Crippen LogP contribution in [-0.2, 0) is 49.7 Å². The van der Waals surface area contributed by atoms with Gasteiger partial charge in [-0.15, -0.1) is 0 Å². The highest BCUT2D eigenvalue weighted by atomic mass is 32.1. The van der Waals surface area contributed by atoms with Crippen molar-refractivity contribution in [3.05, 3.63) is 29.3 Å². The van der Waals surface area contributed by atoms with Crippen molar-refractivity contribution in [2.24, 2.45) is 23.3 Å². The molecule has 0 radical (unpaired) electrons. The van der Waals surface area contributed by atoms with Crippen LogP contribution in [0.15, 0.2) is 18.2 Å². The second-order valence-corrected chi connectivity index (χ2v) is 12.6. The summed E-state index contributed by atoms with van der Waals surface area (Å²) < 4.78 is 10.5. The van der Waals surface area contributed by atoms with Crippen LogP contribution in [0, 0.1) is 11.8 Å². The number of rotatable bonds is 24. The van der Waals surface area contributed by atoms with Crippen LogP contribution in [0.3, 0.4) is 0 Å². The van der Waals surface area contributed by atoms with Gasteiger partial charge >= 0.3 is 12.0 Å². The maximum atomic E-state index is 12.8. The summed E-state index contributed by atoms with van der Waals surface area (Å²) in [6.45, 7) is 10.2. The number of hydrogen-bond acceptors (Lipinski definition) is 14. The van der Waals surface area contributed by atoms with Crippen molar-refractivity contribution in [1.29, 1.82) is 0 Å². The predicted molar refractivity (Wildman–Crippen MR) is 215 cm³/mol. The topological polar surface area (TPSA) is 309 Å². The number of primary amides is 1. The van der Waals surface area contributed by atoms with Gasteiger partial charge in [-0.1, -0.05) is 40.7 Å². The molecule has 11 N–H and O–H groups in total. The summed E-state index contributed by atoms with van der Waals surface area (Å²) in [4.78, 5) is 100. The molecule has 0 spiro atoms. The van der Waals surface area contributed by atoms with Gasteiger partial charge in [0.1, 0.15) is 24.5 Å². The molecule has 1 aromatic carbocycles. The Bertz CT molecular complexity index is 1430. The van der Waals surface area contributed by atoms with Crippen LogP contribution in [-0.4, -0.2) is 117 Å². The summed E-state index contributed by atoms with van der Waals surface area (Å²) in [6, 6.07) is 2.48. The fourth-order valence-corrected chi connectivity index (χ4v) is 4.00. The van der Waals surface area contributed by atoms with Crippen molar-refractivity contribution in [1.82, 2.24) is 26.6 Å². The molecule has 0 aromatic heterocycles. The normalized spacial score (nSPS) is 11.3. The third kappa shape index (κ3) is 25.9. The lowest BCUT2D eigenvalue weighted by Gasteiger charge is -2.22. The van der Waals surface area contributed by atoms with Crippen molar-refractivity contribution in [2.75, 3.05) is 57.5 Å². The lowest BCUT2D eigenvalue weighted by Crippen LogP contribution is -2.55. The van der Waals surface area contributed by atoms with Gasteiger partial charge in [0.05, 0.1) is 32.2 Å². The third-order valence-electron chi connectivity index (χ3n) is 7.17. The second kappa shape index (κ2) is 32.3. The molecule has 0 saturated heterocycles. The van der Waals surface area contributed by atoms with Gasteiger partial charge in [0, 0.05) is 55.2 Å². The molecule has 7 amide bonds.